The molecule has 1 N–H and O–H groups in total. The Hall–Kier alpha value is -2.01. The molecule has 0 amide bonds. The minimum atomic E-state index is -0.341. The number of H-pyrrole nitrogens is 1. The van der Waals surface area contributed by atoms with Crippen molar-refractivity contribution in [3.05, 3.63) is 45.8 Å². The van der Waals surface area contributed by atoms with Crippen molar-refractivity contribution in [2.75, 3.05) is 7.11 Å². The van der Waals surface area contributed by atoms with Crippen LogP contribution in [-0.2, 0) is 0 Å². The van der Waals surface area contributed by atoms with Crippen LogP contribution >= 0.6 is 11.6 Å². The second-order valence-corrected chi connectivity index (χ2v) is 3.59. The molecule has 0 bridgehead atoms. The molecular formula is C11H9ClN2O3. The number of hydrogen-bond acceptors (Lipinski definition) is 4. The predicted octanol–water partition coefficient (Wildman–Crippen LogP) is 2.22. The molecule has 0 radical (unpaired) electrons. The van der Waals surface area contributed by atoms with Gasteiger partial charge in [0.05, 0.1) is 18.3 Å². The number of aromatic amines is 1. The van der Waals surface area contributed by atoms with Crippen molar-refractivity contribution in [1.82, 2.24) is 10.2 Å². The van der Waals surface area contributed by atoms with E-state index in [1.807, 2.05) is 0 Å². The van der Waals surface area contributed by atoms with Gasteiger partial charge in [-0.3, -0.25) is 4.79 Å². The molecule has 1 aromatic carbocycles. The Kier molecular flexibility index (Phi) is 3.30. The molecule has 2 rings (SSSR count). The molecule has 88 valence electrons. The number of rotatable bonds is 3. The summed E-state index contributed by atoms with van der Waals surface area (Å²) >= 11 is 5.99. The molecule has 0 aliphatic heterocycles. The number of hydrogen-bond donors (Lipinski definition) is 1. The Balaban J connectivity index is 2.27. The average Bonchev–Trinajstić information content (AvgIpc) is 2.32. The summed E-state index contributed by atoms with van der Waals surface area (Å²) in [6.07, 6.45) is 1.39. The number of benzene rings is 1. The maximum absolute atomic E-state index is 11.0. The summed E-state index contributed by atoms with van der Waals surface area (Å²) in [5, 5.41) is 6.26. The number of nitrogens with one attached hydrogen (secondary N) is 1. The quantitative estimate of drug-likeness (QED) is 0.910. The molecule has 0 aliphatic carbocycles. The van der Waals surface area contributed by atoms with Gasteiger partial charge in [-0.15, -0.1) is 0 Å². The van der Waals surface area contributed by atoms with Crippen LogP contribution in [0.3, 0.4) is 0 Å². The van der Waals surface area contributed by atoms with Gasteiger partial charge in [0, 0.05) is 12.1 Å². The van der Waals surface area contributed by atoms with Gasteiger partial charge in [-0.1, -0.05) is 11.6 Å². The first-order valence-corrected chi connectivity index (χ1v) is 5.13. The largest absolute Gasteiger partial charge is 0.497 e. The van der Waals surface area contributed by atoms with Crippen LogP contribution in [0, 0.1) is 0 Å². The molecule has 0 spiro atoms. The van der Waals surface area contributed by atoms with Gasteiger partial charge >= 0.3 is 0 Å². The average molecular weight is 253 g/mol. The lowest BCUT2D eigenvalue weighted by molar-refractivity contribution is 0.412. The van der Waals surface area contributed by atoms with E-state index in [1.54, 1.807) is 25.3 Å². The van der Waals surface area contributed by atoms with Crippen LogP contribution in [0.2, 0.25) is 5.02 Å². The molecule has 2 aromatic rings. The highest BCUT2D eigenvalue weighted by Gasteiger charge is 2.05. The summed E-state index contributed by atoms with van der Waals surface area (Å²) in [6.45, 7) is 0. The van der Waals surface area contributed by atoms with Gasteiger partial charge in [0.1, 0.15) is 11.5 Å². The molecule has 0 saturated carbocycles. The van der Waals surface area contributed by atoms with Gasteiger partial charge in [-0.05, 0) is 12.1 Å². The molecule has 17 heavy (non-hydrogen) atoms. The number of ether oxygens (including phenoxy) is 2. The molecule has 0 atom stereocenters. The smallest absolute Gasteiger partial charge is 0.267 e. The van der Waals surface area contributed by atoms with Crippen LogP contribution in [-0.4, -0.2) is 17.3 Å². The molecular weight excluding hydrogens is 244 g/mol. The summed E-state index contributed by atoms with van der Waals surface area (Å²) < 4.78 is 10.4. The van der Waals surface area contributed by atoms with Gasteiger partial charge in [0.2, 0.25) is 0 Å². The fourth-order valence-electron chi connectivity index (χ4n) is 1.23. The van der Waals surface area contributed by atoms with Gasteiger partial charge < -0.3 is 9.47 Å². The summed E-state index contributed by atoms with van der Waals surface area (Å²) in [5.41, 5.74) is -0.341. The van der Waals surface area contributed by atoms with Crippen molar-refractivity contribution >= 4 is 11.6 Å². The zero-order valence-corrected chi connectivity index (χ0v) is 9.69. The Morgan fingerprint density at radius 1 is 1.29 bits per heavy atom. The standard InChI is InChI=1S/C11H9ClN2O3/c1-16-7-2-3-10(9(12)4-7)17-8-5-11(15)14-13-6-8/h2-6H,1H3,(H,14,15). The topological polar surface area (TPSA) is 64.2 Å². The lowest BCUT2D eigenvalue weighted by Crippen LogP contribution is -2.05. The molecule has 1 aromatic heterocycles. The van der Waals surface area contributed by atoms with E-state index in [0.29, 0.717) is 22.3 Å². The molecule has 1 heterocycles. The normalized spacial score (nSPS) is 10.0. The van der Waals surface area contributed by atoms with E-state index in [0.717, 1.165) is 0 Å². The zero-order chi connectivity index (χ0) is 12.3. The highest BCUT2D eigenvalue weighted by molar-refractivity contribution is 6.32. The first-order chi connectivity index (χ1) is 8.19. The third-order valence-electron chi connectivity index (χ3n) is 2.01. The fourth-order valence-corrected chi connectivity index (χ4v) is 1.44. The van der Waals surface area contributed by atoms with Crippen molar-refractivity contribution < 1.29 is 9.47 Å². The summed E-state index contributed by atoms with van der Waals surface area (Å²) in [5.74, 6) is 1.38. The monoisotopic (exact) mass is 252 g/mol. The second kappa shape index (κ2) is 4.88. The molecule has 6 heteroatoms. The number of nitrogens with zero attached hydrogens (tertiary/aromatic N) is 1. The minimum Gasteiger partial charge on any atom is -0.497 e. The predicted molar refractivity (Wildman–Crippen MR) is 62.9 cm³/mol. The van der Waals surface area contributed by atoms with Gasteiger partial charge in [-0.25, -0.2) is 5.10 Å². The molecule has 0 aliphatic rings. The third-order valence-corrected chi connectivity index (χ3v) is 2.30. The second-order valence-electron chi connectivity index (χ2n) is 3.18. The summed E-state index contributed by atoms with van der Waals surface area (Å²) in [4.78, 5) is 11.0. The number of methoxy groups -OCH3 is 1. The molecule has 0 unspecified atom stereocenters. The van der Waals surface area contributed by atoms with Crippen molar-refractivity contribution in [2.24, 2.45) is 0 Å². The lowest BCUT2D eigenvalue weighted by Gasteiger charge is -2.07. The van der Waals surface area contributed by atoms with E-state index < -0.39 is 0 Å². The Bertz CT molecular complexity index is 583. The van der Waals surface area contributed by atoms with Gasteiger partial charge in [-0.2, -0.15) is 5.10 Å². The zero-order valence-electron chi connectivity index (χ0n) is 8.94. The van der Waals surface area contributed by atoms with E-state index in [1.165, 1.54) is 12.3 Å². The highest BCUT2D eigenvalue weighted by Crippen LogP contribution is 2.31. The van der Waals surface area contributed by atoms with Crippen LogP contribution in [0.1, 0.15) is 0 Å². The Morgan fingerprint density at radius 2 is 2.12 bits per heavy atom. The first kappa shape index (κ1) is 11.5. The summed E-state index contributed by atoms with van der Waals surface area (Å²) in [7, 11) is 1.55. The van der Waals surface area contributed by atoms with Crippen LogP contribution < -0.4 is 15.0 Å². The van der Waals surface area contributed by atoms with Crippen LogP contribution in [0.4, 0.5) is 0 Å². The van der Waals surface area contributed by atoms with Crippen LogP contribution in [0.5, 0.6) is 17.2 Å². The van der Waals surface area contributed by atoms with E-state index in [-0.39, 0.29) is 5.56 Å². The van der Waals surface area contributed by atoms with E-state index in [9.17, 15) is 4.79 Å². The van der Waals surface area contributed by atoms with Crippen LogP contribution in [0.15, 0.2) is 35.3 Å². The van der Waals surface area contributed by atoms with E-state index in [2.05, 4.69) is 10.2 Å². The van der Waals surface area contributed by atoms with E-state index in [4.69, 9.17) is 21.1 Å². The third kappa shape index (κ3) is 2.76. The first-order valence-electron chi connectivity index (χ1n) is 4.75. The van der Waals surface area contributed by atoms with Gasteiger partial charge in [0.25, 0.3) is 5.56 Å². The minimum absolute atomic E-state index is 0.320. The van der Waals surface area contributed by atoms with Crippen molar-refractivity contribution in [3.63, 3.8) is 0 Å². The summed E-state index contributed by atoms with van der Waals surface area (Å²) in [6, 6.07) is 6.27. The van der Waals surface area contributed by atoms with Crippen molar-refractivity contribution in [3.8, 4) is 17.2 Å². The highest BCUT2D eigenvalue weighted by atomic mass is 35.5. The maximum atomic E-state index is 11.0. The lowest BCUT2D eigenvalue weighted by atomic mass is 10.3. The number of halogens is 1. The Morgan fingerprint density at radius 3 is 2.76 bits per heavy atom. The maximum Gasteiger partial charge on any atom is 0.267 e. The molecule has 0 fully saturated rings. The fraction of sp³-hybridized carbons (Fsp3) is 0.0909. The van der Waals surface area contributed by atoms with Crippen molar-refractivity contribution in [1.29, 1.82) is 0 Å². The molecule has 5 nitrogen and oxygen atoms in total. The van der Waals surface area contributed by atoms with Gasteiger partial charge in [0.15, 0.2) is 5.75 Å². The van der Waals surface area contributed by atoms with E-state index >= 15 is 0 Å². The Labute approximate surface area is 102 Å². The van der Waals surface area contributed by atoms with Crippen LogP contribution in [0.25, 0.3) is 0 Å². The SMILES string of the molecule is COc1ccc(Oc2cn[nH]c(=O)c2)c(Cl)c1. The molecule has 0 saturated heterocycles. The number of aromatic nitrogens is 2. The van der Waals surface area contributed by atoms with Crippen molar-refractivity contribution in [2.45, 2.75) is 0 Å².